The fourth-order valence-electron chi connectivity index (χ4n) is 2.12. The third-order valence-corrected chi connectivity index (χ3v) is 2.91. The zero-order valence-corrected chi connectivity index (χ0v) is 8.82. The molecule has 2 aromatic rings. The largest absolute Gasteiger partial charge is 0.340 e. The van der Waals surface area contributed by atoms with Gasteiger partial charge in [-0.15, -0.1) is 0 Å². The number of nitrogens with zero attached hydrogens (tertiary/aromatic N) is 3. The molecule has 0 fully saturated rings. The van der Waals surface area contributed by atoms with Crippen LogP contribution < -0.4 is 0 Å². The predicted molar refractivity (Wildman–Crippen MR) is 57.4 cm³/mol. The molecule has 1 N–H and O–H groups in total. The first kappa shape index (κ1) is 8.71. The zero-order chi connectivity index (χ0) is 10.3. The summed E-state index contributed by atoms with van der Waals surface area (Å²) in [4.78, 5) is 7.98. The van der Waals surface area contributed by atoms with Gasteiger partial charge in [0, 0.05) is 18.9 Å². The van der Waals surface area contributed by atoms with Gasteiger partial charge in [0.15, 0.2) is 5.82 Å². The van der Waals surface area contributed by atoms with Gasteiger partial charge in [0.05, 0.1) is 5.69 Å². The maximum absolute atomic E-state index is 4.60. The summed E-state index contributed by atoms with van der Waals surface area (Å²) in [5.41, 5.74) is 3.48. The molecule has 0 atom stereocenters. The molecule has 0 saturated carbocycles. The van der Waals surface area contributed by atoms with Crippen LogP contribution in [0.4, 0.5) is 0 Å². The molecule has 0 saturated heterocycles. The Bertz CT molecular complexity index is 457. The third-order valence-electron chi connectivity index (χ3n) is 2.91. The number of fused-ring (bicyclic) bond motifs is 1. The highest BCUT2D eigenvalue weighted by Crippen LogP contribution is 2.22. The first-order valence-electron chi connectivity index (χ1n) is 5.41. The van der Waals surface area contributed by atoms with Crippen molar-refractivity contribution in [3.63, 3.8) is 0 Å². The maximum atomic E-state index is 4.60. The van der Waals surface area contributed by atoms with E-state index in [4.69, 9.17) is 0 Å². The van der Waals surface area contributed by atoms with Gasteiger partial charge in [-0.1, -0.05) is 0 Å². The number of aromatic amines is 1. The van der Waals surface area contributed by atoms with Crippen LogP contribution in [-0.2, 0) is 19.9 Å². The lowest BCUT2D eigenvalue weighted by Gasteiger charge is -2.07. The molecule has 2 aromatic heterocycles. The molecule has 0 radical (unpaired) electrons. The van der Waals surface area contributed by atoms with E-state index in [1.165, 1.54) is 24.2 Å². The first-order valence-corrected chi connectivity index (χ1v) is 5.41. The van der Waals surface area contributed by atoms with E-state index in [1.807, 2.05) is 19.3 Å². The van der Waals surface area contributed by atoms with E-state index in [0.29, 0.717) is 0 Å². The first-order chi connectivity index (χ1) is 7.33. The number of rotatable bonds is 1. The van der Waals surface area contributed by atoms with Gasteiger partial charge in [-0.2, -0.15) is 5.10 Å². The fourth-order valence-corrected chi connectivity index (χ4v) is 2.12. The molecule has 2 heterocycles. The second-order valence-electron chi connectivity index (χ2n) is 4.09. The van der Waals surface area contributed by atoms with E-state index in [2.05, 4.69) is 15.1 Å². The number of hydrogen-bond donors (Lipinski definition) is 1. The second kappa shape index (κ2) is 3.22. The van der Waals surface area contributed by atoms with Crippen LogP contribution in [0.3, 0.4) is 0 Å². The molecule has 4 heteroatoms. The Kier molecular flexibility index (Phi) is 1.87. The molecule has 0 bridgehead atoms. The smallest absolute Gasteiger partial charge is 0.158 e. The van der Waals surface area contributed by atoms with Gasteiger partial charge in [0.25, 0.3) is 0 Å². The van der Waals surface area contributed by atoms with Gasteiger partial charge in [-0.3, -0.25) is 4.68 Å². The quantitative estimate of drug-likeness (QED) is 0.765. The summed E-state index contributed by atoms with van der Waals surface area (Å²) in [5.74, 6) is 0.919. The van der Waals surface area contributed by atoms with Crippen LogP contribution in [0.2, 0.25) is 0 Å². The molecule has 15 heavy (non-hydrogen) atoms. The predicted octanol–water partition coefficient (Wildman–Crippen LogP) is 1.69. The van der Waals surface area contributed by atoms with Gasteiger partial charge in [0.2, 0.25) is 0 Å². The maximum Gasteiger partial charge on any atom is 0.158 e. The molecule has 0 amide bonds. The highest BCUT2D eigenvalue weighted by Gasteiger charge is 2.15. The van der Waals surface area contributed by atoms with Crippen molar-refractivity contribution in [2.24, 2.45) is 7.05 Å². The Morgan fingerprint density at radius 2 is 2.20 bits per heavy atom. The number of nitrogens with one attached hydrogen (secondary N) is 1. The minimum atomic E-state index is 0.919. The van der Waals surface area contributed by atoms with Crippen LogP contribution in [0.5, 0.6) is 0 Å². The average molecular weight is 202 g/mol. The van der Waals surface area contributed by atoms with E-state index in [1.54, 1.807) is 4.68 Å². The van der Waals surface area contributed by atoms with E-state index in [-0.39, 0.29) is 0 Å². The topological polar surface area (TPSA) is 46.5 Å². The minimum Gasteiger partial charge on any atom is -0.340 e. The normalized spacial score (nSPS) is 15.3. The Hall–Kier alpha value is -1.58. The molecule has 0 spiro atoms. The number of aromatic nitrogens is 4. The van der Waals surface area contributed by atoms with E-state index in [0.717, 1.165) is 24.4 Å². The monoisotopic (exact) mass is 202 g/mol. The third kappa shape index (κ3) is 1.46. The SMILES string of the molecule is Cn1ccc(-c2nc3c([nH]2)CCCC3)n1. The minimum absolute atomic E-state index is 0.919. The number of hydrogen-bond acceptors (Lipinski definition) is 2. The molecular weight excluding hydrogens is 188 g/mol. The molecule has 4 nitrogen and oxygen atoms in total. The summed E-state index contributed by atoms with van der Waals surface area (Å²) in [6.45, 7) is 0. The fraction of sp³-hybridized carbons (Fsp3) is 0.455. The standard InChI is InChI=1S/C11H14N4/c1-15-7-6-10(14-15)11-12-8-4-2-3-5-9(8)13-11/h6-7H,2-5H2,1H3,(H,12,13). The number of aryl methyl sites for hydroxylation is 3. The van der Waals surface area contributed by atoms with Crippen LogP contribution in [0.1, 0.15) is 24.2 Å². The zero-order valence-electron chi connectivity index (χ0n) is 8.82. The molecular formula is C11H14N4. The van der Waals surface area contributed by atoms with E-state index < -0.39 is 0 Å². The van der Waals surface area contributed by atoms with Gasteiger partial charge < -0.3 is 4.98 Å². The van der Waals surface area contributed by atoms with Crippen molar-refractivity contribution in [2.75, 3.05) is 0 Å². The van der Waals surface area contributed by atoms with Crippen molar-refractivity contribution < 1.29 is 0 Å². The van der Waals surface area contributed by atoms with Crippen molar-refractivity contribution >= 4 is 0 Å². The molecule has 0 aromatic carbocycles. The second-order valence-corrected chi connectivity index (χ2v) is 4.09. The summed E-state index contributed by atoms with van der Waals surface area (Å²) in [7, 11) is 1.92. The summed E-state index contributed by atoms with van der Waals surface area (Å²) >= 11 is 0. The summed E-state index contributed by atoms with van der Waals surface area (Å²) < 4.78 is 1.80. The molecule has 0 unspecified atom stereocenters. The Morgan fingerprint density at radius 1 is 1.33 bits per heavy atom. The molecule has 3 rings (SSSR count). The van der Waals surface area contributed by atoms with Crippen molar-refractivity contribution in [2.45, 2.75) is 25.7 Å². The van der Waals surface area contributed by atoms with Crippen LogP contribution in [0.25, 0.3) is 11.5 Å². The highest BCUT2D eigenvalue weighted by atomic mass is 15.3. The van der Waals surface area contributed by atoms with Gasteiger partial charge in [-0.25, -0.2) is 4.98 Å². The summed E-state index contributed by atoms with van der Waals surface area (Å²) in [6.07, 6.45) is 6.72. The van der Waals surface area contributed by atoms with Crippen LogP contribution in [-0.4, -0.2) is 19.7 Å². The highest BCUT2D eigenvalue weighted by molar-refractivity contribution is 5.49. The van der Waals surface area contributed by atoms with Crippen molar-refractivity contribution in [1.82, 2.24) is 19.7 Å². The Balaban J connectivity index is 2.02. The van der Waals surface area contributed by atoms with Crippen LogP contribution >= 0.6 is 0 Å². The lowest BCUT2D eigenvalue weighted by Crippen LogP contribution is -2.00. The Morgan fingerprint density at radius 3 is 2.93 bits per heavy atom. The molecule has 1 aliphatic carbocycles. The lowest BCUT2D eigenvalue weighted by molar-refractivity contribution is 0.667. The molecule has 78 valence electrons. The lowest BCUT2D eigenvalue weighted by atomic mass is 10.0. The van der Waals surface area contributed by atoms with Gasteiger partial charge in [0.1, 0.15) is 5.69 Å². The Labute approximate surface area is 88.3 Å². The van der Waals surface area contributed by atoms with E-state index >= 15 is 0 Å². The van der Waals surface area contributed by atoms with Crippen molar-refractivity contribution in [1.29, 1.82) is 0 Å². The van der Waals surface area contributed by atoms with Crippen molar-refractivity contribution in [3.05, 3.63) is 23.7 Å². The van der Waals surface area contributed by atoms with Crippen LogP contribution in [0, 0.1) is 0 Å². The van der Waals surface area contributed by atoms with E-state index in [9.17, 15) is 0 Å². The molecule has 1 aliphatic rings. The summed E-state index contributed by atoms with van der Waals surface area (Å²) in [6, 6.07) is 1.99. The van der Waals surface area contributed by atoms with Gasteiger partial charge in [-0.05, 0) is 31.7 Å². The molecule has 0 aliphatic heterocycles. The number of imidazole rings is 1. The van der Waals surface area contributed by atoms with Crippen molar-refractivity contribution in [3.8, 4) is 11.5 Å². The average Bonchev–Trinajstić information content (AvgIpc) is 2.82. The number of H-pyrrole nitrogens is 1. The summed E-state index contributed by atoms with van der Waals surface area (Å²) in [5, 5.41) is 4.35. The van der Waals surface area contributed by atoms with Gasteiger partial charge >= 0.3 is 0 Å². The van der Waals surface area contributed by atoms with Crippen LogP contribution in [0.15, 0.2) is 12.3 Å².